The molecule has 0 saturated carbocycles. The van der Waals surface area contributed by atoms with Crippen LogP contribution in [-0.4, -0.2) is 22.3 Å². The minimum absolute atomic E-state index is 0.0719. The number of amides is 1. The zero-order valence-corrected chi connectivity index (χ0v) is 23.1. The fourth-order valence-electron chi connectivity index (χ4n) is 3.32. The Bertz CT molecular complexity index is 1420. The van der Waals surface area contributed by atoms with Crippen molar-refractivity contribution in [1.29, 1.82) is 0 Å². The van der Waals surface area contributed by atoms with Crippen molar-refractivity contribution in [3.05, 3.63) is 95.3 Å². The smallest absolute Gasteiger partial charge is 0.270 e. The molecule has 184 valence electrons. The minimum atomic E-state index is -0.503. The predicted octanol–water partition coefficient (Wildman–Crippen LogP) is 7.66. The number of hydrogen-bond acceptors (Lipinski definition) is 7. The number of nitro groups is 1. The van der Waals surface area contributed by atoms with Crippen LogP contribution in [0.3, 0.4) is 0 Å². The molecule has 3 aromatic carbocycles. The van der Waals surface area contributed by atoms with E-state index < -0.39 is 4.92 Å². The molecular weight excluding hydrogens is 611 g/mol. The average molecular weight is 626 g/mol. The number of thiocarbonyl (C=S) groups is 1. The van der Waals surface area contributed by atoms with Gasteiger partial charge in [-0.15, -0.1) is 0 Å². The van der Waals surface area contributed by atoms with E-state index in [1.165, 1.54) is 36.3 Å². The number of nitrogens with zero attached hydrogens (tertiary/aromatic N) is 2. The molecule has 36 heavy (non-hydrogen) atoms. The molecule has 1 fully saturated rings. The van der Waals surface area contributed by atoms with E-state index in [1.54, 1.807) is 36.4 Å². The molecule has 1 heterocycles. The molecule has 0 aromatic heterocycles. The summed E-state index contributed by atoms with van der Waals surface area (Å²) in [6, 6.07) is 14.3. The number of non-ortho nitro benzene ring substituents is 1. The largest absolute Gasteiger partial charge is 0.493 e. The van der Waals surface area contributed by atoms with Crippen molar-refractivity contribution in [2.24, 2.45) is 0 Å². The topological polar surface area (TPSA) is 81.9 Å². The average Bonchev–Trinajstić information content (AvgIpc) is 3.11. The van der Waals surface area contributed by atoms with Crippen LogP contribution >= 0.6 is 63.1 Å². The molecule has 0 bridgehead atoms. The summed E-state index contributed by atoms with van der Waals surface area (Å²) in [7, 11) is 1.52. The Morgan fingerprint density at radius 1 is 1.17 bits per heavy atom. The first-order valence-electron chi connectivity index (χ1n) is 10.1. The molecule has 1 aliphatic heterocycles. The third-order valence-electron chi connectivity index (χ3n) is 5.05. The van der Waals surface area contributed by atoms with Gasteiger partial charge in [0.25, 0.3) is 11.6 Å². The van der Waals surface area contributed by atoms with Gasteiger partial charge < -0.3 is 9.47 Å². The van der Waals surface area contributed by atoms with E-state index in [9.17, 15) is 14.9 Å². The van der Waals surface area contributed by atoms with Gasteiger partial charge >= 0.3 is 0 Å². The summed E-state index contributed by atoms with van der Waals surface area (Å²) >= 11 is 22.2. The van der Waals surface area contributed by atoms with Gasteiger partial charge in [0.15, 0.2) is 15.8 Å². The summed E-state index contributed by atoms with van der Waals surface area (Å²) in [5.74, 6) is 0.595. The first-order chi connectivity index (χ1) is 17.2. The van der Waals surface area contributed by atoms with Crippen molar-refractivity contribution in [3.63, 3.8) is 0 Å². The summed E-state index contributed by atoms with van der Waals surface area (Å²) in [6.07, 6.45) is 1.69. The molecular formula is C24H15BrCl2N2O5S2. The number of anilines is 1. The van der Waals surface area contributed by atoms with Crippen LogP contribution in [0.5, 0.6) is 11.5 Å². The van der Waals surface area contributed by atoms with E-state index in [0.29, 0.717) is 46.5 Å². The third kappa shape index (κ3) is 5.68. The first kappa shape index (κ1) is 26.4. The molecule has 0 radical (unpaired) electrons. The number of benzene rings is 3. The molecule has 0 atom stereocenters. The zero-order valence-electron chi connectivity index (χ0n) is 18.4. The van der Waals surface area contributed by atoms with Gasteiger partial charge in [-0.2, -0.15) is 0 Å². The van der Waals surface area contributed by atoms with Crippen molar-refractivity contribution in [2.75, 3.05) is 12.0 Å². The van der Waals surface area contributed by atoms with Crippen LogP contribution in [0.15, 0.2) is 64.0 Å². The molecule has 1 aliphatic rings. The fourth-order valence-corrected chi connectivity index (χ4v) is 5.65. The number of rotatable bonds is 7. The quantitative estimate of drug-likeness (QED) is 0.115. The van der Waals surface area contributed by atoms with Crippen LogP contribution in [0, 0.1) is 10.1 Å². The maximum absolute atomic E-state index is 13.1. The number of methoxy groups -OCH3 is 1. The second-order valence-corrected chi connectivity index (χ2v) is 10.7. The highest BCUT2D eigenvalue weighted by molar-refractivity contribution is 9.10. The van der Waals surface area contributed by atoms with E-state index in [2.05, 4.69) is 15.9 Å². The molecule has 0 N–H and O–H groups in total. The monoisotopic (exact) mass is 624 g/mol. The van der Waals surface area contributed by atoms with Crippen LogP contribution in [-0.2, 0) is 11.4 Å². The van der Waals surface area contributed by atoms with Gasteiger partial charge in [-0.25, -0.2) is 0 Å². The molecule has 12 heteroatoms. The predicted molar refractivity (Wildman–Crippen MR) is 150 cm³/mol. The number of thioether (sulfide) groups is 1. The SMILES string of the molecule is COc1cc(/C=C2\SC(=S)N(c3ccc([N+](=O)[O-])cc3)C2=O)cc(Br)c1OCc1ccc(Cl)cc1Cl. The van der Waals surface area contributed by atoms with Crippen LogP contribution in [0.2, 0.25) is 10.0 Å². The second-order valence-electron chi connectivity index (χ2n) is 7.35. The highest BCUT2D eigenvalue weighted by Gasteiger charge is 2.33. The molecule has 1 saturated heterocycles. The highest BCUT2D eigenvalue weighted by Crippen LogP contribution is 2.41. The van der Waals surface area contributed by atoms with E-state index in [1.807, 2.05) is 0 Å². The molecule has 4 rings (SSSR count). The Kier molecular flexibility index (Phi) is 8.21. The van der Waals surface area contributed by atoms with Gasteiger partial charge in [-0.3, -0.25) is 19.8 Å². The van der Waals surface area contributed by atoms with Gasteiger partial charge in [-0.1, -0.05) is 53.2 Å². The van der Waals surface area contributed by atoms with Gasteiger partial charge in [0, 0.05) is 27.7 Å². The molecule has 3 aromatic rings. The lowest BCUT2D eigenvalue weighted by Crippen LogP contribution is -2.27. The lowest BCUT2D eigenvalue weighted by atomic mass is 10.1. The maximum Gasteiger partial charge on any atom is 0.270 e. The lowest BCUT2D eigenvalue weighted by Gasteiger charge is -2.15. The summed E-state index contributed by atoms with van der Waals surface area (Å²) in [5, 5.41) is 11.9. The van der Waals surface area contributed by atoms with Crippen LogP contribution < -0.4 is 14.4 Å². The second kappa shape index (κ2) is 11.2. The van der Waals surface area contributed by atoms with Crippen molar-refractivity contribution in [1.82, 2.24) is 0 Å². The molecule has 0 unspecified atom stereocenters. The molecule has 0 aliphatic carbocycles. The Morgan fingerprint density at radius 3 is 2.53 bits per heavy atom. The van der Waals surface area contributed by atoms with E-state index in [-0.39, 0.29) is 18.2 Å². The number of carbonyl (C=O) groups excluding carboxylic acids is 1. The number of nitro benzene ring substituents is 1. The first-order valence-corrected chi connectivity index (χ1v) is 12.9. The van der Waals surface area contributed by atoms with Crippen LogP contribution in [0.25, 0.3) is 6.08 Å². The van der Waals surface area contributed by atoms with Crippen LogP contribution in [0.1, 0.15) is 11.1 Å². The zero-order chi connectivity index (χ0) is 26.0. The summed E-state index contributed by atoms with van der Waals surface area (Å²) in [6.45, 7) is 0.193. The van der Waals surface area contributed by atoms with Crippen molar-refractivity contribution >= 4 is 90.8 Å². The Morgan fingerprint density at radius 2 is 1.89 bits per heavy atom. The van der Waals surface area contributed by atoms with Gasteiger partial charge in [0.05, 0.1) is 27.1 Å². The Balaban J connectivity index is 1.57. The Labute approximate surface area is 234 Å². The van der Waals surface area contributed by atoms with E-state index >= 15 is 0 Å². The number of ether oxygens (including phenoxy) is 2. The third-order valence-corrected chi connectivity index (χ3v) is 7.53. The summed E-state index contributed by atoms with van der Waals surface area (Å²) < 4.78 is 12.4. The van der Waals surface area contributed by atoms with Gasteiger partial charge in [0.1, 0.15) is 6.61 Å². The number of halogens is 3. The fraction of sp³-hybridized carbons (Fsp3) is 0.0833. The Hall–Kier alpha value is -2.63. The minimum Gasteiger partial charge on any atom is -0.493 e. The standard InChI is InChI=1S/C24H15BrCl2N2O5S2/c1-33-20-9-13(8-18(25)22(20)34-12-14-2-3-15(26)11-19(14)27)10-21-23(30)28(24(35)36-21)16-4-6-17(7-5-16)29(31)32/h2-11H,12H2,1H3/b21-10-. The van der Waals surface area contributed by atoms with Crippen molar-refractivity contribution in [2.45, 2.75) is 6.61 Å². The van der Waals surface area contributed by atoms with Crippen LogP contribution in [0.4, 0.5) is 11.4 Å². The number of carbonyl (C=O) groups is 1. The number of hydrogen-bond donors (Lipinski definition) is 0. The lowest BCUT2D eigenvalue weighted by molar-refractivity contribution is -0.384. The van der Waals surface area contributed by atoms with Crippen molar-refractivity contribution < 1.29 is 19.2 Å². The van der Waals surface area contributed by atoms with E-state index in [4.69, 9.17) is 44.9 Å². The van der Waals surface area contributed by atoms with Crippen molar-refractivity contribution in [3.8, 4) is 11.5 Å². The normalized spacial score (nSPS) is 14.4. The highest BCUT2D eigenvalue weighted by atomic mass is 79.9. The molecule has 7 nitrogen and oxygen atoms in total. The summed E-state index contributed by atoms with van der Waals surface area (Å²) in [5.41, 5.74) is 1.82. The molecule has 1 amide bonds. The maximum atomic E-state index is 13.1. The van der Waals surface area contributed by atoms with Gasteiger partial charge in [-0.05, 0) is 64.0 Å². The van der Waals surface area contributed by atoms with Gasteiger partial charge in [0.2, 0.25) is 0 Å². The summed E-state index contributed by atoms with van der Waals surface area (Å²) in [4.78, 5) is 25.2. The molecule has 0 spiro atoms. The van der Waals surface area contributed by atoms with E-state index in [0.717, 1.165) is 17.3 Å².